The van der Waals surface area contributed by atoms with Crippen LogP contribution >= 0.6 is 0 Å². The molecule has 5 nitrogen and oxygen atoms in total. The van der Waals surface area contributed by atoms with E-state index < -0.39 is 0 Å². The van der Waals surface area contributed by atoms with E-state index in [1.165, 1.54) is 0 Å². The lowest BCUT2D eigenvalue weighted by Crippen LogP contribution is -2.11. The normalized spacial score (nSPS) is 10.4. The second-order valence-corrected chi connectivity index (χ2v) is 4.24. The van der Waals surface area contributed by atoms with Crippen LogP contribution in [0.1, 0.15) is 31.2 Å². The Hall–Kier alpha value is -1.36. The zero-order valence-electron chi connectivity index (χ0n) is 11.8. The molecule has 0 radical (unpaired) electrons. The van der Waals surface area contributed by atoms with Crippen molar-refractivity contribution in [1.82, 2.24) is 9.97 Å². The minimum atomic E-state index is 0.773. The molecule has 0 aromatic carbocycles. The molecular weight excluding hydrogens is 228 g/mol. The van der Waals surface area contributed by atoms with Crippen LogP contribution in [0, 0.1) is 13.8 Å². The van der Waals surface area contributed by atoms with Crippen LogP contribution in [-0.2, 0) is 4.74 Å². The minimum Gasteiger partial charge on any atom is -0.381 e. The summed E-state index contributed by atoms with van der Waals surface area (Å²) in [5.74, 6) is 2.56. The summed E-state index contributed by atoms with van der Waals surface area (Å²) in [6.45, 7) is 8.53. The molecule has 0 aliphatic rings. The molecule has 0 saturated carbocycles. The van der Waals surface area contributed by atoms with E-state index in [0.29, 0.717) is 0 Å². The number of aromatic nitrogens is 2. The highest BCUT2D eigenvalue weighted by atomic mass is 16.5. The van der Waals surface area contributed by atoms with Crippen molar-refractivity contribution in [1.29, 1.82) is 0 Å². The fourth-order valence-electron chi connectivity index (χ4n) is 1.67. The van der Waals surface area contributed by atoms with Crippen molar-refractivity contribution < 1.29 is 4.74 Å². The Bertz CT molecular complexity index is 368. The molecule has 0 fully saturated rings. The Morgan fingerprint density at radius 1 is 1.11 bits per heavy atom. The summed E-state index contributed by atoms with van der Waals surface area (Å²) in [6, 6.07) is 0. The Balaban J connectivity index is 2.44. The van der Waals surface area contributed by atoms with Gasteiger partial charge in [-0.25, -0.2) is 9.97 Å². The first-order valence-corrected chi connectivity index (χ1v) is 6.53. The lowest BCUT2D eigenvalue weighted by molar-refractivity contribution is 0.134. The molecule has 2 N–H and O–H groups in total. The largest absolute Gasteiger partial charge is 0.381 e. The number of anilines is 2. The Morgan fingerprint density at radius 3 is 2.50 bits per heavy atom. The van der Waals surface area contributed by atoms with Gasteiger partial charge in [-0.3, -0.25) is 0 Å². The Morgan fingerprint density at radius 2 is 1.83 bits per heavy atom. The van der Waals surface area contributed by atoms with Gasteiger partial charge in [0.15, 0.2) is 0 Å². The summed E-state index contributed by atoms with van der Waals surface area (Å²) >= 11 is 0. The van der Waals surface area contributed by atoms with Gasteiger partial charge in [-0.05, 0) is 26.7 Å². The summed E-state index contributed by atoms with van der Waals surface area (Å²) in [4.78, 5) is 8.75. The van der Waals surface area contributed by atoms with Gasteiger partial charge in [0.2, 0.25) is 0 Å². The fraction of sp³-hybridized carbons (Fsp3) is 0.692. The highest BCUT2D eigenvalue weighted by Gasteiger charge is 2.06. The second-order valence-electron chi connectivity index (χ2n) is 4.24. The van der Waals surface area contributed by atoms with Crippen molar-refractivity contribution >= 4 is 11.6 Å². The molecule has 102 valence electrons. The van der Waals surface area contributed by atoms with Crippen LogP contribution in [0.2, 0.25) is 0 Å². The molecule has 18 heavy (non-hydrogen) atoms. The van der Waals surface area contributed by atoms with E-state index in [9.17, 15) is 0 Å². The lowest BCUT2D eigenvalue weighted by Gasteiger charge is -2.12. The first-order chi connectivity index (χ1) is 8.69. The maximum absolute atomic E-state index is 5.43. The van der Waals surface area contributed by atoms with Crippen LogP contribution in [0.3, 0.4) is 0 Å². The summed E-state index contributed by atoms with van der Waals surface area (Å²) in [5.41, 5.74) is 1.05. The molecule has 0 aliphatic heterocycles. The predicted molar refractivity (Wildman–Crippen MR) is 75.3 cm³/mol. The van der Waals surface area contributed by atoms with Gasteiger partial charge in [-0.15, -0.1) is 0 Å². The molecule has 0 bridgehead atoms. The van der Waals surface area contributed by atoms with Crippen LogP contribution in [0.5, 0.6) is 0 Å². The molecule has 0 amide bonds. The van der Waals surface area contributed by atoms with Crippen molar-refractivity contribution in [2.75, 3.05) is 37.4 Å². The van der Waals surface area contributed by atoms with Crippen molar-refractivity contribution in [3.8, 4) is 0 Å². The number of hydrogen-bond acceptors (Lipinski definition) is 5. The number of rotatable bonds is 8. The molecule has 5 heteroatoms. The maximum Gasteiger partial charge on any atom is 0.134 e. The molecule has 0 aliphatic carbocycles. The van der Waals surface area contributed by atoms with E-state index >= 15 is 0 Å². The number of hydrogen-bond donors (Lipinski definition) is 2. The molecular formula is C13H24N4O. The minimum absolute atomic E-state index is 0.773. The van der Waals surface area contributed by atoms with Crippen LogP contribution in [0.25, 0.3) is 0 Å². The number of nitrogens with one attached hydrogen (secondary N) is 2. The fourth-order valence-corrected chi connectivity index (χ4v) is 1.67. The molecule has 0 saturated heterocycles. The average Bonchev–Trinajstić information content (AvgIpc) is 2.37. The Kier molecular flexibility index (Phi) is 6.43. The van der Waals surface area contributed by atoms with Crippen LogP contribution < -0.4 is 10.6 Å². The molecule has 1 aromatic rings. The van der Waals surface area contributed by atoms with Crippen LogP contribution in [0.4, 0.5) is 11.6 Å². The van der Waals surface area contributed by atoms with Crippen LogP contribution in [-0.4, -0.2) is 36.8 Å². The Labute approximate surface area is 109 Å². The summed E-state index contributed by atoms with van der Waals surface area (Å²) < 4.78 is 5.43. The third kappa shape index (κ3) is 4.49. The van der Waals surface area contributed by atoms with E-state index in [1.54, 1.807) is 0 Å². The van der Waals surface area contributed by atoms with Gasteiger partial charge < -0.3 is 15.4 Å². The van der Waals surface area contributed by atoms with Gasteiger partial charge in [0, 0.05) is 32.4 Å². The second kappa shape index (κ2) is 7.87. The third-order valence-corrected chi connectivity index (χ3v) is 2.60. The summed E-state index contributed by atoms with van der Waals surface area (Å²) in [5, 5.41) is 6.41. The first-order valence-electron chi connectivity index (χ1n) is 6.53. The van der Waals surface area contributed by atoms with Gasteiger partial charge in [-0.1, -0.05) is 6.92 Å². The van der Waals surface area contributed by atoms with E-state index in [-0.39, 0.29) is 0 Å². The number of aryl methyl sites for hydroxylation is 1. The predicted octanol–water partition coefficient (Wildman–Crippen LogP) is 2.36. The summed E-state index contributed by atoms with van der Waals surface area (Å²) in [6.07, 6.45) is 2.06. The van der Waals surface area contributed by atoms with Crippen molar-refractivity contribution in [3.63, 3.8) is 0 Å². The van der Waals surface area contributed by atoms with Crippen LogP contribution in [0.15, 0.2) is 0 Å². The number of nitrogens with zero attached hydrogens (tertiary/aromatic N) is 2. The van der Waals surface area contributed by atoms with Gasteiger partial charge >= 0.3 is 0 Å². The van der Waals surface area contributed by atoms with Gasteiger partial charge in [-0.2, -0.15) is 0 Å². The SMILES string of the molecule is CCCOCCCNc1nc(C)nc(NC)c1C. The van der Waals surface area contributed by atoms with E-state index in [2.05, 4.69) is 27.5 Å². The molecule has 1 aromatic heterocycles. The van der Waals surface area contributed by atoms with Gasteiger partial charge in [0.1, 0.15) is 17.5 Å². The topological polar surface area (TPSA) is 59.1 Å². The lowest BCUT2D eigenvalue weighted by atomic mass is 10.3. The standard InChI is InChI=1S/C13H24N4O/c1-5-8-18-9-6-7-15-13-10(2)12(14-4)16-11(3)17-13/h5-9H2,1-4H3,(H2,14,15,16,17). The van der Waals surface area contributed by atoms with Crippen molar-refractivity contribution in [2.24, 2.45) is 0 Å². The van der Waals surface area contributed by atoms with Gasteiger partial charge in [0.05, 0.1) is 0 Å². The average molecular weight is 252 g/mol. The van der Waals surface area contributed by atoms with E-state index in [4.69, 9.17) is 4.74 Å². The summed E-state index contributed by atoms with van der Waals surface area (Å²) in [7, 11) is 1.87. The maximum atomic E-state index is 5.43. The molecule has 1 heterocycles. The highest BCUT2D eigenvalue weighted by Crippen LogP contribution is 2.18. The van der Waals surface area contributed by atoms with Crippen molar-refractivity contribution in [3.05, 3.63) is 11.4 Å². The highest BCUT2D eigenvalue weighted by molar-refractivity contribution is 5.56. The molecule has 0 spiro atoms. The van der Waals surface area contributed by atoms with E-state index in [0.717, 1.165) is 55.6 Å². The number of ether oxygens (including phenoxy) is 1. The smallest absolute Gasteiger partial charge is 0.134 e. The van der Waals surface area contributed by atoms with E-state index in [1.807, 2.05) is 20.9 Å². The zero-order chi connectivity index (χ0) is 13.4. The molecule has 0 unspecified atom stereocenters. The molecule has 1 rings (SSSR count). The zero-order valence-corrected chi connectivity index (χ0v) is 11.8. The molecule has 0 atom stereocenters. The quantitative estimate of drug-likeness (QED) is 0.696. The third-order valence-electron chi connectivity index (χ3n) is 2.60. The first kappa shape index (κ1) is 14.7. The van der Waals surface area contributed by atoms with Crippen molar-refractivity contribution in [2.45, 2.75) is 33.6 Å². The monoisotopic (exact) mass is 252 g/mol. The van der Waals surface area contributed by atoms with Gasteiger partial charge in [0.25, 0.3) is 0 Å².